The summed E-state index contributed by atoms with van der Waals surface area (Å²) in [7, 11) is 1.64. The minimum Gasteiger partial charge on any atom is -0.497 e. The highest BCUT2D eigenvalue weighted by Crippen LogP contribution is 2.16. The van der Waals surface area contributed by atoms with Crippen LogP contribution in [0.5, 0.6) is 5.75 Å². The third kappa shape index (κ3) is 5.72. The fraction of sp³-hybridized carbons (Fsp3) is 0.417. The molecule has 0 atom stereocenters. The van der Waals surface area contributed by atoms with Crippen molar-refractivity contribution in [1.82, 2.24) is 0 Å². The Bertz CT molecular complexity index is 310. The molecule has 1 saturated heterocycles. The van der Waals surface area contributed by atoms with Crippen molar-refractivity contribution in [2.45, 2.75) is 17.7 Å². The summed E-state index contributed by atoms with van der Waals surface area (Å²) >= 11 is 1.23. The summed E-state index contributed by atoms with van der Waals surface area (Å²) < 4.78 is 9.96. The van der Waals surface area contributed by atoms with E-state index in [0.717, 1.165) is 42.4 Å². The van der Waals surface area contributed by atoms with Crippen LogP contribution in [0, 0.1) is 5.41 Å². The predicted octanol–water partition coefficient (Wildman–Crippen LogP) is 2.48. The molecule has 5 heteroatoms. The third-order valence-corrected chi connectivity index (χ3v) is 2.84. The molecule has 0 saturated carbocycles. The highest BCUT2D eigenvalue weighted by Gasteiger charge is 2.02. The van der Waals surface area contributed by atoms with E-state index in [1.54, 1.807) is 7.11 Å². The van der Waals surface area contributed by atoms with E-state index in [2.05, 4.69) is 0 Å². The van der Waals surface area contributed by atoms with Crippen molar-refractivity contribution in [3.05, 3.63) is 24.3 Å². The molecule has 3 N–H and O–H groups in total. The predicted molar refractivity (Wildman–Crippen MR) is 70.8 cm³/mol. The van der Waals surface area contributed by atoms with Crippen LogP contribution in [-0.4, -0.2) is 26.0 Å². The summed E-state index contributed by atoms with van der Waals surface area (Å²) in [6.45, 7) is 1.53. The van der Waals surface area contributed by atoms with Crippen LogP contribution in [0.3, 0.4) is 0 Å². The van der Waals surface area contributed by atoms with Crippen LogP contribution in [0.4, 0.5) is 0 Å². The maximum atomic E-state index is 7.11. The number of rotatable bonds is 2. The first-order chi connectivity index (χ1) is 8.26. The summed E-state index contributed by atoms with van der Waals surface area (Å²) in [5.41, 5.74) is 0.839. The van der Waals surface area contributed by atoms with Gasteiger partial charge >= 0.3 is 0 Å². The molecule has 0 unspecified atom stereocenters. The van der Waals surface area contributed by atoms with Gasteiger partial charge in [-0.3, -0.25) is 5.14 Å². The first-order valence-corrected chi connectivity index (χ1v) is 6.29. The Morgan fingerprint density at radius 3 is 2.18 bits per heavy atom. The van der Waals surface area contributed by atoms with Gasteiger partial charge in [-0.1, -0.05) is 0 Å². The number of nitrogens with one attached hydrogen (secondary N) is 1. The first-order valence-electron chi connectivity index (χ1n) is 5.41. The number of hydrogen-bond donors (Lipinski definition) is 2. The number of benzene rings is 1. The Balaban J connectivity index is 0.000000181. The van der Waals surface area contributed by atoms with E-state index < -0.39 is 0 Å². The van der Waals surface area contributed by atoms with Crippen LogP contribution in [0.2, 0.25) is 0 Å². The van der Waals surface area contributed by atoms with Gasteiger partial charge in [0.25, 0.3) is 0 Å². The minimum atomic E-state index is 0.763. The van der Waals surface area contributed by atoms with Gasteiger partial charge in [-0.2, -0.15) is 0 Å². The molecule has 0 amide bonds. The van der Waals surface area contributed by atoms with E-state index in [9.17, 15) is 0 Å². The first kappa shape index (κ1) is 14.0. The monoisotopic (exact) mass is 254 g/mol. The molecule has 17 heavy (non-hydrogen) atoms. The smallest absolute Gasteiger partial charge is 0.118 e. The molecule has 1 aliphatic heterocycles. The zero-order chi connectivity index (χ0) is 12.5. The molecule has 2 rings (SSSR count). The van der Waals surface area contributed by atoms with E-state index >= 15 is 0 Å². The van der Waals surface area contributed by atoms with Crippen molar-refractivity contribution < 1.29 is 9.47 Å². The maximum absolute atomic E-state index is 7.11. The van der Waals surface area contributed by atoms with Gasteiger partial charge in [-0.15, -0.1) is 0 Å². The Kier molecular flexibility index (Phi) is 6.69. The normalized spacial score (nSPS) is 14.8. The highest BCUT2D eigenvalue weighted by molar-refractivity contribution is 7.97. The standard InChI is InChI=1S/C7H9NOS.C5H9NO/c1-9-6-2-4-7(10-8)5-3-6;6-5-1-3-7-4-2-5/h2-5H,8H2,1H3;6H,1-4H2. The van der Waals surface area contributed by atoms with Crippen molar-refractivity contribution in [3.63, 3.8) is 0 Å². The number of nitrogens with two attached hydrogens (primary N) is 1. The fourth-order valence-electron chi connectivity index (χ4n) is 1.27. The molecule has 0 spiro atoms. The summed E-state index contributed by atoms with van der Waals surface area (Å²) in [5.74, 6) is 0.859. The van der Waals surface area contributed by atoms with Gasteiger partial charge < -0.3 is 14.9 Å². The average Bonchev–Trinajstić information content (AvgIpc) is 2.40. The second kappa shape index (κ2) is 8.11. The van der Waals surface area contributed by atoms with E-state index in [1.165, 1.54) is 11.9 Å². The van der Waals surface area contributed by atoms with Gasteiger partial charge in [-0.25, -0.2) is 0 Å². The lowest BCUT2D eigenvalue weighted by atomic mass is 10.2. The van der Waals surface area contributed by atoms with Crippen molar-refractivity contribution in [3.8, 4) is 5.75 Å². The fourth-order valence-corrected chi connectivity index (χ4v) is 1.57. The van der Waals surface area contributed by atoms with Crippen molar-refractivity contribution in [1.29, 1.82) is 5.41 Å². The van der Waals surface area contributed by atoms with Crippen LogP contribution in [0.25, 0.3) is 0 Å². The molecule has 94 valence electrons. The number of hydrogen-bond acceptors (Lipinski definition) is 5. The van der Waals surface area contributed by atoms with Crippen LogP contribution >= 0.6 is 11.9 Å². The largest absolute Gasteiger partial charge is 0.497 e. The molecule has 0 radical (unpaired) electrons. The van der Waals surface area contributed by atoms with Crippen molar-refractivity contribution >= 4 is 17.7 Å². The Morgan fingerprint density at radius 2 is 1.82 bits per heavy atom. The van der Waals surface area contributed by atoms with E-state index in [1.807, 2.05) is 24.3 Å². The van der Waals surface area contributed by atoms with E-state index in [4.69, 9.17) is 20.0 Å². The van der Waals surface area contributed by atoms with Crippen LogP contribution < -0.4 is 9.88 Å². The molecule has 0 aromatic heterocycles. The molecule has 1 heterocycles. The quantitative estimate of drug-likeness (QED) is 0.796. The Hall–Kier alpha value is -1.04. The van der Waals surface area contributed by atoms with Gasteiger partial charge in [0.05, 0.1) is 20.3 Å². The highest BCUT2D eigenvalue weighted by atomic mass is 32.2. The lowest BCUT2D eigenvalue weighted by molar-refractivity contribution is 0.134. The maximum Gasteiger partial charge on any atom is 0.118 e. The summed E-state index contributed by atoms with van der Waals surface area (Å²) in [6.07, 6.45) is 1.69. The molecule has 4 nitrogen and oxygen atoms in total. The second-order valence-electron chi connectivity index (χ2n) is 3.51. The summed E-state index contributed by atoms with van der Waals surface area (Å²) in [5, 5.41) is 12.4. The minimum absolute atomic E-state index is 0.763. The molecule has 0 bridgehead atoms. The topological polar surface area (TPSA) is 68.3 Å². The summed E-state index contributed by atoms with van der Waals surface area (Å²) in [6, 6.07) is 7.61. The van der Waals surface area contributed by atoms with Crippen LogP contribution in [-0.2, 0) is 4.74 Å². The second-order valence-corrected chi connectivity index (χ2v) is 4.22. The Morgan fingerprint density at radius 1 is 1.24 bits per heavy atom. The SMILES string of the molecule is COc1ccc(SN)cc1.N=C1CCOCC1. The lowest BCUT2D eigenvalue weighted by Crippen LogP contribution is -2.13. The molecule has 1 fully saturated rings. The van der Waals surface area contributed by atoms with Crippen molar-refractivity contribution in [2.75, 3.05) is 20.3 Å². The number of ether oxygens (including phenoxy) is 2. The Labute approximate surface area is 106 Å². The summed E-state index contributed by atoms with van der Waals surface area (Å²) in [4.78, 5) is 1.04. The van der Waals surface area contributed by atoms with Gasteiger partial charge in [0.2, 0.25) is 0 Å². The molecule has 0 aliphatic carbocycles. The van der Waals surface area contributed by atoms with E-state index in [0.29, 0.717) is 0 Å². The van der Waals surface area contributed by atoms with Gasteiger partial charge in [0, 0.05) is 23.4 Å². The van der Waals surface area contributed by atoms with Crippen LogP contribution in [0.1, 0.15) is 12.8 Å². The third-order valence-electron chi connectivity index (χ3n) is 2.29. The van der Waals surface area contributed by atoms with Gasteiger partial charge in [-0.05, 0) is 36.2 Å². The van der Waals surface area contributed by atoms with Crippen molar-refractivity contribution in [2.24, 2.45) is 5.14 Å². The molecule has 1 aliphatic rings. The average molecular weight is 254 g/mol. The van der Waals surface area contributed by atoms with Gasteiger partial charge in [0.15, 0.2) is 0 Å². The zero-order valence-corrected chi connectivity index (χ0v) is 10.8. The molecular weight excluding hydrogens is 236 g/mol. The number of methoxy groups -OCH3 is 1. The van der Waals surface area contributed by atoms with E-state index in [-0.39, 0.29) is 0 Å². The zero-order valence-electron chi connectivity index (χ0n) is 9.94. The molecule has 1 aromatic rings. The lowest BCUT2D eigenvalue weighted by Gasteiger charge is -2.10. The molecule has 1 aromatic carbocycles. The molecular formula is C12H18N2O2S. The van der Waals surface area contributed by atoms with Crippen LogP contribution in [0.15, 0.2) is 29.2 Å². The van der Waals surface area contributed by atoms with Gasteiger partial charge in [0.1, 0.15) is 5.75 Å².